The molecule has 2 aliphatic heterocycles. The van der Waals surface area contributed by atoms with Crippen molar-refractivity contribution < 1.29 is 29.0 Å². The Kier molecular flexibility index (Phi) is 6.47. The van der Waals surface area contributed by atoms with Crippen molar-refractivity contribution in [1.82, 2.24) is 10.2 Å². The van der Waals surface area contributed by atoms with Gasteiger partial charge in [-0.2, -0.15) is 0 Å². The molecule has 2 aromatic carbocycles. The van der Waals surface area contributed by atoms with Crippen LogP contribution in [0.1, 0.15) is 36.8 Å². The number of carboxylic acid groups (broad SMARTS) is 1. The lowest BCUT2D eigenvalue weighted by atomic mass is 9.86. The first-order chi connectivity index (χ1) is 16.9. The van der Waals surface area contributed by atoms with Crippen molar-refractivity contribution in [2.45, 2.75) is 37.9 Å². The van der Waals surface area contributed by atoms with Gasteiger partial charge in [0.15, 0.2) is 0 Å². The zero-order valence-electron chi connectivity index (χ0n) is 19.7. The van der Waals surface area contributed by atoms with Gasteiger partial charge in [0.1, 0.15) is 12.7 Å². The minimum Gasteiger partial charge on any atom is -0.481 e. The number of carbonyl (C=O) groups is 3. The summed E-state index contributed by atoms with van der Waals surface area (Å²) < 4.78 is 11.4. The van der Waals surface area contributed by atoms with Gasteiger partial charge in [0.25, 0.3) is 5.91 Å². The third kappa shape index (κ3) is 4.62. The lowest BCUT2D eigenvalue weighted by molar-refractivity contribution is -0.156. The first-order valence-electron chi connectivity index (χ1n) is 12.2. The lowest BCUT2D eigenvalue weighted by Crippen LogP contribution is -2.56. The average Bonchev–Trinajstić information content (AvgIpc) is 3.43. The fraction of sp³-hybridized carbons (Fsp3) is 0.444. The van der Waals surface area contributed by atoms with Crippen molar-refractivity contribution in [3.63, 3.8) is 0 Å². The van der Waals surface area contributed by atoms with E-state index in [9.17, 15) is 14.4 Å². The third-order valence-electron chi connectivity index (χ3n) is 7.52. The van der Waals surface area contributed by atoms with Gasteiger partial charge in [0.05, 0.1) is 12.0 Å². The summed E-state index contributed by atoms with van der Waals surface area (Å²) in [5.41, 5.74) is 4.68. The van der Waals surface area contributed by atoms with Crippen LogP contribution in [-0.2, 0) is 19.1 Å². The zero-order valence-corrected chi connectivity index (χ0v) is 19.7. The topological polar surface area (TPSA) is 105 Å². The molecular formula is C27H30N2O6. The minimum absolute atomic E-state index is 0.00193. The van der Waals surface area contributed by atoms with Gasteiger partial charge < -0.3 is 24.8 Å². The monoisotopic (exact) mass is 478 g/mol. The maximum absolute atomic E-state index is 12.6. The molecule has 8 nitrogen and oxygen atoms in total. The van der Waals surface area contributed by atoms with E-state index in [-0.39, 0.29) is 37.0 Å². The zero-order chi connectivity index (χ0) is 24.5. The molecule has 0 bridgehead atoms. The van der Waals surface area contributed by atoms with Gasteiger partial charge in [0.2, 0.25) is 0 Å². The number of amides is 2. The summed E-state index contributed by atoms with van der Waals surface area (Å²) in [6.07, 6.45) is -0.0303. The van der Waals surface area contributed by atoms with E-state index in [4.69, 9.17) is 14.6 Å². The molecule has 2 N–H and O–H groups in total. The van der Waals surface area contributed by atoms with Crippen LogP contribution in [0.4, 0.5) is 4.79 Å². The van der Waals surface area contributed by atoms with Crippen LogP contribution in [0.3, 0.4) is 0 Å². The molecule has 2 aromatic rings. The largest absolute Gasteiger partial charge is 0.481 e. The Bertz CT molecular complexity index is 1080. The highest BCUT2D eigenvalue weighted by Crippen LogP contribution is 2.44. The van der Waals surface area contributed by atoms with Crippen LogP contribution in [0.5, 0.6) is 0 Å². The minimum atomic E-state index is -0.835. The second-order valence-corrected chi connectivity index (χ2v) is 9.66. The van der Waals surface area contributed by atoms with Crippen LogP contribution in [0.15, 0.2) is 48.5 Å². The number of alkyl carbamates (subject to hydrolysis) is 1. The molecule has 1 aliphatic carbocycles. The molecule has 0 radical (unpaired) electrons. The summed E-state index contributed by atoms with van der Waals surface area (Å²) >= 11 is 0. The summed E-state index contributed by atoms with van der Waals surface area (Å²) in [4.78, 5) is 37.8. The van der Waals surface area contributed by atoms with E-state index >= 15 is 0 Å². The molecule has 0 spiro atoms. The van der Waals surface area contributed by atoms with Crippen molar-refractivity contribution in [1.29, 1.82) is 0 Å². The van der Waals surface area contributed by atoms with Gasteiger partial charge in [-0.25, -0.2) is 4.79 Å². The van der Waals surface area contributed by atoms with Gasteiger partial charge in [-0.15, -0.1) is 0 Å². The normalized spacial score (nSPS) is 22.1. The van der Waals surface area contributed by atoms with E-state index in [1.54, 1.807) is 11.8 Å². The molecule has 0 saturated carbocycles. The Balaban J connectivity index is 1.07. The molecule has 0 aromatic heterocycles. The van der Waals surface area contributed by atoms with Crippen molar-refractivity contribution in [2.24, 2.45) is 11.8 Å². The van der Waals surface area contributed by atoms with Gasteiger partial charge in [-0.1, -0.05) is 55.5 Å². The smallest absolute Gasteiger partial charge is 0.407 e. The van der Waals surface area contributed by atoms with E-state index in [2.05, 4.69) is 29.6 Å². The summed E-state index contributed by atoms with van der Waals surface area (Å²) in [5.74, 6) is -1.40. The molecule has 5 rings (SSSR count). The van der Waals surface area contributed by atoms with Crippen molar-refractivity contribution in [3.8, 4) is 11.1 Å². The Hall–Kier alpha value is -3.39. The van der Waals surface area contributed by atoms with E-state index in [1.807, 2.05) is 24.3 Å². The Morgan fingerprint density at radius 2 is 1.69 bits per heavy atom. The van der Waals surface area contributed by atoms with Crippen LogP contribution in [0.2, 0.25) is 0 Å². The van der Waals surface area contributed by atoms with E-state index in [0.717, 1.165) is 11.1 Å². The number of aliphatic carboxylic acids is 1. The number of likely N-dealkylation sites (tertiary alicyclic amines) is 1. The molecule has 2 fully saturated rings. The SMILES string of the molecule is CC(C(=O)O)C1CN(C(=O)C2CCC(CNC(=O)OCC3c4ccccc4-c4ccccc43)O2)C1. The lowest BCUT2D eigenvalue weighted by Gasteiger charge is -2.42. The highest BCUT2D eigenvalue weighted by Gasteiger charge is 2.41. The Morgan fingerprint density at radius 1 is 1.06 bits per heavy atom. The van der Waals surface area contributed by atoms with Crippen molar-refractivity contribution in [3.05, 3.63) is 59.7 Å². The number of ether oxygens (including phenoxy) is 2. The molecule has 2 heterocycles. The van der Waals surface area contributed by atoms with E-state index in [1.165, 1.54) is 11.1 Å². The standard InChI is InChI=1S/C27H30N2O6/c1-16(26(31)32)17-13-29(14-17)25(30)24-11-10-18(35-24)12-28-27(33)34-15-23-21-8-4-2-6-19(21)20-7-3-5-9-22(20)23/h2-9,16-18,23-24H,10-15H2,1H3,(H,28,33)(H,31,32). The maximum Gasteiger partial charge on any atom is 0.407 e. The Labute approximate surface area is 204 Å². The number of fused-ring (bicyclic) bond motifs is 3. The fourth-order valence-corrected chi connectivity index (χ4v) is 5.30. The number of nitrogens with zero attached hydrogens (tertiary/aromatic N) is 1. The number of nitrogens with one attached hydrogen (secondary N) is 1. The number of hydrogen-bond acceptors (Lipinski definition) is 5. The van der Waals surface area contributed by atoms with Gasteiger partial charge in [-0.3, -0.25) is 9.59 Å². The second-order valence-electron chi connectivity index (χ2n) is 9.66. The highest BCUT2D eigenvalue weighted by molar-refractivity contribution is 5.82. The van der Waals surface area contributed by atoms with Crippen LogP contribution in [-0.4, -0.2) is 66.4 Å². The predicted molar refractivity (Wildman–Crippen MR) is 128 cm³/mol. The summed E-state index contributed by atoms with van der Waals surface area (Å²) in [5, 5.41) is 11.9. The molecule has 3 atom stereocenters. The summed E-state index contributed by atoms with van der Waals surface area (Å²) in [7, 11) is 0. The molecular weight excluding hydrogens is 448 g/mol. The molecule has 8 heteroatoms. The number of carbonyl (C=O) groups excluding carboxylic acids is 2. The molecule has 35 heavy (non-hydrogen) atoms. The third-order valence-corrected chi connectivity index (χ3v) is 7.52. The van der Waals surface area contributed by atoms with Crippen molar-refractivity contribution >= 4 is 18.0 Å². The van der Waals surface area contributed by atoms with Crippen LogP contribution in [0, 0.1) is 11.8 Å². The maximum atomic E-state index is 12.6. The number of hydrogen-bond donors (Lipinski definition) is 2. The average molecular weight is 479 g/mol. The van der Waals surface area contributed by atoms with Crippen molar-refractivity contribution in [2.75, 3.05) is 26.2 Å². The molecule has 184 valence electrons. The van der Waals surface area contributed by atoms with Gasteiger partial charge >= 0.3 is 12.1 Å². The predicted octanol–water partition coefficient (Wildman–Crippen LogP) is 3.25. The molecule has 3 unspecified atom stereocenters. The fourth-order valence-electron chi connectivity index (χ4n) is 5.30. The quantitative estimate of drug-likeness (QED) is 0.633. The van der Waals surface area contributed by atoms with Gasteiger partial charge in [0, 0.05) is 31.5 Å². The summed E-state index contributed by atoms with van der Waals surface area (Å²) in [6.45, 7) is 3.10. The highest BCUT2D eigenvalue weighted by atomic mass is 16.5. The number of rotatable bonds is 7. The number of carboxylic acids is 1. The van der Waals surface area contributed by atoms with Crippen LogP contribution < -0.4 is 5.32 Å². The summed E-state index contributed by atoms with van der Waals surface area (Å²) in [6, 6.07) is 16.4. The first kappa shape index (κ1) is 23.4. The van der Waals surface area contributed by atoms with E-state index in [0.29, 0.717) is 25.9 Å². The number of benzene rings is 2. The van der Waals surface area contributed by atoms with Crippen LogP contribution in [0.25, 0.3) is 11.1 Å². The molecule has 2 saturated heterocycles. The first-order valence-corrected chi connectivity index (χ1v) is 12.2. The second kappa shape index (κ2) is 9.70. The Morgan fingerprint density at radius 3 is 2.31 bits per heavy atom. The van der Waals surface area contributed by atoms with Gasteiger partial charge in [-0.05, 0) is 35.1 Å². The molecule has 2 amide bonds. The molecule has 3 aliphatic rings. The van der Waals surface area contributed by atoms with Crippen LogP contribution >= 0.6 is 0 Å². The van der Waals surface area contributed by atoms with E-state index < -0.39 is 24.1 Å².